The van der Waals surface area contributed by atoms with Crippen LogP contribution in [0.25, 0.3) is 0 Å². The Balaban J connectivity index is 3.26. The summed E-state index contributed by atoms with van der Waals surface area (Å²) >= 11 is 6.38. The molecule has 1 aliphatic carbocycles. The van der Waals surface area contributed by atoms with Gasteiger partial charge in [0, 0.05) is 23.5 Å². The molecule has 1 aliphatic rings. The van der Waals surface area contributed by atoms with Crippen molar-refractivity contribution in [3.63, 3.8) is 0 Å². The van der Waals surface area contributed by atoms with E-state index in [0.29, 0.717) is 5.03 Å². The second-order valence-electron chi connectivity index (χ2n) is 6.05. The maximum atomic E-state index is 6.38. The maximum Gasteiger partial charge on any atom is 0.0902 e. The Hall–Kier alpha value is -1.15. The van der Waals surface area contributed by atoms with Crippen LogP contribution in [0.1, 0.15) is 53.9 Å². The highest BCUT2D eigenvalue weighted by Gasteiger charge is 2.23. The summed E-state index contributed by atoms with van der Waals surface area (Å²) in [6.45, 7) is 14.0. The third-order valence-electron chi connectivity index (χ3n) is 3.29. The van der Waals surface area contributed by atoms with Crippen LogP contribution in [0.3, 0.4) is 0 Å². The van der Waals surface area contributed by atoms with Crippen molar-refractivity contribution in [3.8, 4) is 0 Å². The van der Waals surface area contributed by atoms with Crippen molar-refractivity contribution in [2.45, 2.75) is 59.9 Å². The van der Waals surface area contributed by atoms with E-state index >= 15 is 0 Å². The lowest BCUT2D eigenvalue weighted by molar-refractivity contribution is 0.817. The third kappa shape index (κ3) is 6.43. The number of nitrogens with zero attached hydrogens (tertiary/aromatic N) is 2. The van der Waals surface area contributed by atoms with Gasteiger partial charge in [0.25, 0.3) is 0 Å². The van der Waals surface area contributed by atoms with Gasteiger partial charge in [0.05, 0.1) is 10.7 Å². The van der Waals surface area contributed by atoms with Gasteiger partial charge in [0.1, 0.15) is 0 Å². The molecule has 0 amide bonds. The van der Waals surface area contributed by atoms with Crippen molar-refractivity contribution in [2.24, 2.45) is 15.9 Å². The largest absolute Gasteiger partial charge is 0.290 e. The molecular weight excluding hydrogens is 280 g/mol. The summed E-state index contributed by atoms with van der Waals surface area (Å²) in [4.78, 5) is 9.09. The lowest BCUT2D eigenvalue weighted by Gasteiger charge is -2.12. The molecule has 0 bridgehead atoms. The molecule has 0 aromatic heterocycles. The number of halogens is 1. The van der Waals surface area contributed by atoms with E-state index in [2.05, 4.69) is 37.3 Å². The summed E-state index contributed by atoms with van der Waals surface area (Å²) in [6.07, 6.45) is 7.56. The number of hydrogen-bond donors (Lipinski definition) is 0. The summed E-state index contributed by atoms with van der Waals surface area (Å²) in [5.41, 5.74) is 3.89. The van der Waals surface area contributed by atoms with E-state index in [1.165, 1.54) is 18.4 Å². The molecule has 1 saturated carbocycles. The van der Waals surface area contributed by atoms with Crippen molar-refractivity contribution in [1.82, 2.24) is 0 Å². The molecule has 0 unspecified atom stereocenters. The van der Waals surface area contributed by atoms with Gasteiger partial charge in [-0.05, 0) is 59.8 Å². The third-order valence-corrected chi connectivity index (χ3v) is 3.69. The van der Waals surface area contributed by atoms with Crippen molar-refractivity contribution in [3.05, 3.63) is 34.5 Å². The SMILES string of the molecule is C=C(C)/N=C(C(/C=N\C(C)C)=C(/C)CC1CC1)\C(Cl)=C/C. The van der Waals surface area contributed by atoms with Crippen molar-refractivity contribution < 1.29 is 0 Å². The summed E-state index contributed by atoms with van der Waals surface area (Å²) in [6, 6.07) is 0.254. The van der Waals surface area contributed by atoms with Crippen LogP contribution in [-0.2, 0) is 0 Å². The summed E-state index contributed by atoms with van der Waals surface area (Å²) in [5, 5.41) is 0.651. The Kier molecular flexibility index (Phi) is 7.10. The van der Waals surface area contributed by atoms with Crippen LogP contribution in [0.5, 0.6) is 0 Å². The first-order valence-corrected chi connectivity index (χ1v) is 8.02. The van der Waals surface area contributed by atoms with Gasteiger partial charge < -0.3 is 0 Å². The molecule has 0 N–H and O–H groups in total. The first-order valence-electron chi connectivity index (χ1n) is 7.64. The van der Waals surface area contributed by atoms with Crippen LogP contribution in [0.4, 0.5) is 0 Å². The van der Waals surface area contributed by atoms with Gasteiger partial charge in [-0.2, -0.15) is 0 Å². The molecule has 1 rings (SSSR count). The number of rotatable bonds is 7. The summed E-state index contributed by atoms with van der Waals surface area (Å²) in [7, 11) is 0. The van der Waals surface area contributed by atoms with E-state index in [9.17, 15) is 0 Å². The number of aliphatic imine (C=N–C) groups is 2. The Morgan fingerprint density at radius 2 is 1.95 bits per heavy atom. The van der Waals surface area contributed by atoms with E-state index in [4.69, 9.17) is 11.6 Å². The molecule has 0 aliphatic heterocycles. The van der Waals surface area contributed by atoms with Gasteiger partial charge in [-0.3, -0.25) is 9.98 Å². The molecule has 116 valence electrons. The van der Waals surface area contributed by atoms with Gasteiger partial charge in [0.15, 0.2) is 0 Å². The predicted molar refractivity (Wildman–Crippen MR) is 95.5 cm³/mol. The van der Waals surface area contributed by atoms with E-state index in [0.717, 1.165) is 29.3 Å². The van der Waals surface area contributed by atoms with E-state index in [1.54, 1.807) is 0 Å². The average molecular weight is 307 g/mol. The van der Waals surface area contributed by atoms with Crippen molar-refractivity contribution in [2.75, 3.05) is 0 Å². The molecule has 0 saturated heterocycles. The Bertz CT molecular complexity index is 503. The van der Waals surface area contributed by atoms with Crippen molar-refractivity contribution in [1.29, 1.82) is 0 Å². The fourth-order valence-electron chi connectivity index (χ4n) is 2.03. The number of allylic oxidation sites excluding steroid dienone is 5. The smallest absolute Gasteiger partial charge is 0.0902 e. The molecule has 2 nitrogen and oxygen atoms in total. The van der Waals surface area contributed by atoms with E-state index in [-0.39, 0.29) is 6.04 Å². The van der Waals surface area contributed by atoms with Crippen LogP contribution in [0.15, 0.2) is 44.5 Å². The highest BCUT2D eigenvalue weighted by Crippen LogP contribution is 2.36. The molecule has 1 fully saturated rings. The molecule has 3 heteroatoms. The fourth-order valence-corrected chi connectivity index (χ4v) is 2.18. The quantitative estimate of drug-likeness (QED) is 0.539. The summed E-state index contributed by atoms with van der Waals surface area (Å²) < 4.78 is 0. The van der Waals surface area contributed by atoms with E-state index in [1.807, 2.05) is 26.1 Å². The molecule has 21 heavy (non-hydrogen) atoms. The van der Waals surface area contributed by atoms with Gasteiger partial charge in [0.2, 0.25) is 0 Å². The first-order chi connectivity index (χ1) is 9.85. The van der Waals surface area contributed by atoms with Crippen LogP contribution in [0.2, 0.25) is 0 Å². The highest BCUT2D eigenvalue weighted by molar-refractivity contribution is 6.48. The topological polar surface area (TPSA) is 24.7 Å². The van der Waals surface area contributed by atoms with Crippen LogP contribution in [-0.4, -0.2) is 18.0 Å². The zero-order valence-corrected chi connectivity index (χ0v) is 14.7. The lowest BCUT2D eigenvalue weighted by atomic mass is 10.00. The van der Waals surface area contributed by atoms with E-state index < -0.39 is 0 Å². The Morgan fingerprint density at radius 3 is 2.38 bits per heavy atom. The average Bonchev–Trinajstić information content (AvgIpc) is 3.19. The molecule has 0 aromatic carbocycles. The summed E-state index contributed by atoms with van der Waals surface area (Å²) in [5.74, 6) is 0.822. The molecule has 0 aromatic rings. The molecule has 0 radical (unpaired) electrons. The highest BCUT2D eigenvalue weighted by atomic mass is 35.5. The normalized spacial score (nSPS) is 18.4. The monoisotopic (exact) mass is 306 g/mol. The second-order valence-corrected chi connectivity index (χ2v) is 6.45. The van der Waals surface area contributed by atoms with Gasteiger partial charge in [-0.25, -0.2) is 0 Å². The number of hydrogen-bond acceptors (Lipinski definition) is 2. The van der Waals surface area contributed by atoms with Gasteiger partial charge in [-0.1, -0.05) is 29.8 Å². The van der Waals surface area contributed by atoms with Crippen LogP contribution in [0, 0.1) is 5.92 Å². The Labute approximate surface area is 134 Å². The predicted octanol–water partition coefficient (Wildman–Crippen LogP) is 5.70. The maximum absolute atomic E-state index is 6.38. The minimum Gasteiger partial charge on any atom is -0.290 e. The lowest BCUT2D eigenvalue weighted by Crippen LogP contribution is -2.09. The first kappa shape index (κ1) is 17.9. The van der Waals surface area contributed by atoms with Gasteiger partial charge in [-0.15, -0.1) is 0 Å². The van der Waals surface area contributed by atoms with Crippen LogP contribution >= 0.6 is 11.6 Å². The standard InChI is InChI=1S/C18H27ClN2/c1-7-17(19)18(21-13(4)5)16(11-20-12(2)3)14(6)10-15-8-9-15/h7,11-12,15H,4,8-10H2,1-3,5-6H3/b16-14-,17-7+,20-11-,21-18-. The zero-order valence-electron chi connectivity index (χ0n) is 13.9. The molecular formula is C18H27ClN2. The Morgan fingerprint density at radius 1 is 1.33 bits per heavy atom. The van der Waals surface area contributed by atoms with Gasteiger partial charge >= 0.3 is 0 Å². The fraction of sp³-hybridized carbons (Fsp3) is 0.556. The zero-order chi connectivity index (χ0) is 16.0. The van der Waals surface area contributed by atoms with Crippen LogP contribution < -0.4 is 0 Å². The second kappa shape index (κ2) is 8.33. The molecule has 0 spiro atoms. The minimum absolute atomic E-state index is 0.254. The minimum atomic E-state index is 0.254. The van der Waals surface area contributed by atoms with Crippen molar-refractivity contribution >= 4 is 23.5 Å². The molecule has 0 heterocycles. The molecule has 0 atom stereocenters.